The van der Waals surface area contributed by atoms with Crippen molar-refractivity contribution in [2.45, 2.75) is 0 Å². The minimum atomic E-state index is -0.115. The quantitative estimate of drug-likeness (QED) is 0.266. The van der Waals surface area contributed by atoms with E-state index in [1.54, 1.807) is 52.7 Å². The largest absolute Gasteiger partial charge is 0.493 e. The molecule has 0 saturated carbocycles. The Bertz CT molecular complexity index is 891. The van der Waals surface area contributed by atoms with Crippen LogP contribution in [0.5, 0.6) is 23.0 Å². The summed E-state index contributed by atoms with van der Waals surface area (Å²) in [7, 11) is 6.24. The van der Waals surface area contributed by atoms with Gasteiger partial charge in [-0.15, -0.1) is 0 Å². The maximum absolute atomic E-state index is 7.85. The number of hydrazone groups is 2. The first-order chi connectivity index (χ1) is 14.4. The summed E-state index contributed by atoms with van der Waals surface area (Å²) in [5.41, 5.74) is 6.57. The van der Waals surface area contributed by atoms with Crippen molar-refractivity contribution in [1.29, 1.82) is 5.41 Å². The van der Waals surface area contributed by atoms with Crippen molar-refractivity contribution < 1.29 is 18.9 Å². The average Bonchev–Trinajstić information content (AvgIpc) is 2.75. The van der Waals surface area contributed by atoms with E-state index in [-0.39, 0.29) is 5.96 Å². The standard InChI is InChI=1S/C19H21Br2N5O4/c1-27-15-5-11(13(20)7-17(15)29-3)9-23-25-19(22)26-24-10-12-6-16(28-2)18(30-4)8-14(12)21/h5-10H,1-4H3,(H3,22,25,26)/b23-9+,24-10+. The number of hydrogen-bond acceptors (Lipinski definition) is 7. The lowest BCUT2D eigenvalue weighted by atomic mass is 10.2. The number of ether oxygens (including phenoxy) is 4. The Morgan fingerprint density at radius 2 is 1.07 bits per heavy atom. The molecule has 160 valence electrons. The molecule has 30 heavy (non-hydrogen) atoms. The van der Waals surface area contributed by atoms with Gasteiger partial charge in [0, 0.05) is 20.1 Å². The monoisotopic (exact) mass is 541 g/mol. The number of benzene rings is 2. The molecule has 0 saturated heterocycles. The molecule has 11 heteroatoms. The van der Waals surface area contributed by atoms with Gasteiger partial charge in [-0.2, -0.15) is 10.2 Å². The fourth-order valence-corrected chi connectivity index (χ4v) is 3.14. The lowest BCUT2D eigenvalue weighted by molar-refractivity contribution is 0.354. The second kappa shape index (κ2) is 11.4. The van der Waals surface area contributed by atoms with Crippen molar-refractivity contribution in [3.05, 3.63) is 44.3 Å². The van der Waals surface area contributed by atoms with E-state index in [2.05, 4.69) is 52.9 Å². The zero-order valence-electron chi connectivity index (χ0n) is 16.7. The SMILES string of the molecule is COc1cc(Br)c(/C=N/NC(=N)N/N=C/c2cc(OC)c(OC)cc2Br)cc1OC. The molecule has 3 N–H and O–H groups in total. The van der Waals surface area contributed by atoms with Gasteiger partial charge in [-0.3, -0.25) is 5.41 Å². The van der Waals surface area contributed by atoms with Crippen molar-refractivity contribution in [3.63, 3.8) is 0 Å². The second-order valence-electron chi connectivity index (χ2n) is 5.57. The topological polar surface area (TPSA) is 110 Å². The third-order valence-electron chi connectivity index (χ3n) is 3.77. The Labute approximate surface area is 191 Å². The predicted molar refractivity (Wildman–Crippen MR) is 124 cm³/mol. The summed E-state index contributed by atoms with van der Waals surface area (Å²) in [6, 6.07) is 7.07. The Morgan fingerprint density at radius 1 is 0.733 bits per heavy atom. The van der Waals surface area contributed by atoms with Crippen LogP contribution in [-0.4, -0.2) is 46.8 Å². The summed E-state index contributed by atoms with van der Waals surface area (Å²) in [5, 5.41) is 15.9. The zero-order chi connectivity index (χ0) is 22.1. The highest BCUT2D eigenvalue weighted by atomic mass is 79.9. The molecule has 0 atom stereocenters. The summed E-state index contributed by atoms with van der Waals surface area (Å²) in [6.45, 7) is 0. The first kappa shape index (κ1) is 23.5. The van der Waals surface area contributed by atoms with Crippen molar-refractivity contribution in [2.75, 3.05) is 28.4 Å². The lowest BCUT2D eigenvalue weighted by Crippen LogP contribution is -2.29. The fourth-order valence-electron chi connectivity index (χ4n) is 2.30. The maximum atomic E-state index is 7.85. The molecule has 0 aliphatic carbocycles. The predicted octanol–water partition coefficient (Wildman–Crippen LogP) is 3.73. The van der Waals surface area contributed by atoms with Gasteiger partial charge in [0.1, 0.15) is 0 Å². The molecule has 0 radical (unpaired) electrons. The van der Waals surface area contributed by atoms with Gasteiger partial charge in [0.05, 0.1) is 40.9 Å². The van der Waals surface area contributed by atoms with Crippen LogP contribution >= 0.6 is 31.9 Å². The van der Waals surface area contributed by atoms with Gasteiger partial charge in [0.2, 0.25) is 5.96 Å². The van der Waals surface area contributed by atoms with E-state index in [0.29, 0.717) is 23.0 Å². The number of rotatable bonds is 8. The Hall–Kier alpha value is -2.79. The highest BCUT2D eigenvalue weighted by molar-refractivity contribution is 9.10. The van der Waals surface area contributed by atoms with Crippen molar-refractivity contribution >= 4 is 50.2 Å². The van der Waals surface area contributed by atoms with Crippen LogP contribution in [0.2, 0.25) is 0 Å². The molecule has 0 unspecified atom stereocenters. The number of guanidine groups is 1. The smallest absolute Gasteiger partial charge is 0.230 e. The molecule has 2 aromatic carbocycles. The number of nitrogens with one attached hydrogen (secondary N) is 3. The number of nitrogens with zero attached hydrogens (tertiary/aromatic N) is 2. The number of hydrogen-bond donors (Lipinski definition) is 3. The molecule has 0 amide bonds. The van der Waals surface area contributed by atoms with Crippen LogP contribution < -0.4 is 29.8 Å². The van der Waals surface area contributed by atoms with E-state index in [0.717, 1.165) is 20.1 Å². The third kappa shape index (κ3) is 6.10. The Kier molecular flexibility index (Phi) is 8.93. The van der Waals surface area contributed by atoms with Gasteiger partial charge in [-0.25, -0.2) is 10.9 Å². The molecular weight excluding hydrogens is 522 g/mol. The normalized spacial score (nSPS) is 10.9. The Morgan fingerprint density at radius 3 is 1.40 bits per heavy atom. The highest BCUT2D eigenvalue weighted by Gasteiger charge is 2.09. The first-order valence-corrected chi connectivity index (χ1v) is 10.0. The molecule has 0 fully saturated rings. The summed E-state index contributed by atoms with van der Waals surface area (Å²) < 4.78 is 22.6. The van der Waals surface area contributed by atoms with Crippen molar-refractivity contribution in [1.82, 2.24) is 10.9 Å². The third-order valence-corrected chi connectivity index (χ3v) is 5.14. The molecule has 2 rings (SSSR count). The van der Waals surface area contributed by atoms with E-state index in [1.165, 1.54) is 12.4 Å². The molecule has 0 spiro atoms. The molecule has 2 aromatic rings. The van der Waals surface area contributed by atoms with Crippen LogP contribution in [0.15, 0.2) is 43.4 Å². The summed E-state index contributed by atoms with van der Waals surface area (Å²) in [4.78, 5) is 0. The van der Waals surface area contributed by atoms with Gasteiger partial charge >= 0.3 is 0 Å². The highest BCUT2D eigenvalue weighted by Crippen LogP contribution is 2.33. The zero-order valence-corrected chi connectivity index (χ0v) is 19.9. The van der Waals surface area contributed by atoms with E-state index in [1.807, 2.05) is 0 Å². The van der Waals surface area contributed by atoms with Crippen molar-refractivity contribution in [3.8, 4) is 23.0 Å². The molecule has 0 aliphatic rings. The van der Waals surface area contributed by atoms with Crippen LogP contribution in [0.1, 0.15) is 11.1 Å². The van der Waals surface area contributed by atoms with Gasteiger partial charge in [0.25, 0.3) is 0 Å². The summed E-state index contributed by atoms with van der Waals surface area (Å²) in [6.07, 6.45) is 3.08. The maximum Gasteiger partial charge on any atom is 0.230 e. The molecular formula is C19H21Br2N5O4. The van der Waals surface area contributed by atoms with E-state index >= 15 is 0 Å². The molecule has 0 aliphatic heterocycles. The van der Waals surface area contributed by atoms with Gasteiger partial charge in [-0.1, -0.05) is 0 Å². The van der Waals surface area contributed by atoms with Crippen LogP contribution in [0, 0.1) is 5.41 Å². The number of methoxy groups -OCH3 is 4. The first-order valence-electron chi connectivity index (χ1n) is 8.43. The summed E-state index contributed by atoms with van der Waals surface area (Å²) >= 11 is 6.89. The lowest BCUT2D eigenvalue weighted by Gasteiger charge is -2.10. The van der Waals surface area contributed by atoms with Crippen LogP contribution in [-0.2, 0) is 0 Å². The Balaban J connectivity index is 1.99. The second-order valence-corrected chi connectivity index (χ2v) is 7.28. The van der Waals surface area contributed by atoms with Crippen LogP contribution in [0.4, 0.5) is 0 Å². The number of halogens is 2. The molecule has 9 nitrogen and oxygen atoms in total. The average molecular weight is 543 g/mol. The molecule has 0 aromatic heterocycles. The van der Waals surface area contributed by atoms with E-state index in [4.69, 9.17) is 24.4 Å². The molecule has 0 bridgehead atoms. The minimum Gasteiger partial charge on any atom is -0.493 e. The fraction of sp³-hybridized carbons (Fsp3) is 0.211. The minimum absolute atomic E-state index is 0.115. The van der Waals surface area contributed by atoms with E-state index in [9.17, 15) is 0 Å². The van der Waals surface area contributed by atoms with Crippen LogP contribution in [0.3, 0.4) is 0 Å². The van der Waals surface area contributed by atoms with Gasteiger partial charge in [-0.05, 0) is 56.1 Å². The summed E-state index contributed by atoms with van der Waals surface area (Å²) in [5.74, 6) is 2.22. The van der Waals surface area contributed by atoms with Crippen molar-refractivity contribution in [2.24, 2.45) is 10.2 Å². The van der Waals surface area contributed by atoms with Gasteiger partial charge in [0.15, 0.2) is 23.0 Å². The van der Waals surface area contributed by atoms with E-state index < -0.39 is 0 Å². The van der Waals surface area contributed by atoms with Crippen LogP contribution in [0.25, 0.3) is 0 Å². The van der Waals surface area contributed by atoms with Gasteiger partial charge < -0.3 is 18.9 Å². The molecule has 0 heterocycles.